The van der Waals surface area contributed by atoms with E-state index in [4.69, 9.17) is 37.9 Å². The third kappa shape index (κ3) is 10.6. The van der Waals surface area contributed by atoms with E-state index in [9.17, 15) is 20.4 Å². The molecule has 0 radical (unpaired) electrons. The summed E-state index contributed by atoms with van der Waals surface area (Å²) >= 11 is 0. The first-order valence-electron chi connectivity index (χ1n) is 23.3. The van der Waals surface area contributed by atoms with Crippen molar-refractivity contribution >= 4 is 0 Å². The Hall–Kier alpha value is -10.4. The molecule has 0 aliphatic heterocycles. The van der Waals surface area contributed by atoms with Crippen LogP contribution in [0, 0.1) is 47.4 Å². The molecule has 0 saturated carbocycles. The number of hydrogen-bond donors (Lipinski definition) is 4. The summed E-state index contributed by atoms with van der Waals surface area (Å²) in [6.45, 7) is 0. The molecule has 0 atom stereocenters. The van der Waals surface area contributed by atoms with Gasteiger partial charge in [0, 0.05) is 46.5 Å². The summed E-state index contributed by atoms with van der Waals surface area (Å²) in [6, 6.07) is 34.3. The van der Waals surface area contributed by atoms with Crippen molar-refractivity contribution in [2.45, 2.75) is 0 Å². The SMILES string of the molecule is COc1cc(C#Cc2cc3c(cc2O)-c2cc(O)c(C#Cc4cc(OC)cc(OC)c4)cc2-c2cc(C#Cc4cc(OC)cc(OC)c4)c(O)cc2-c2cc(O)c(C#Cc4cc(OC)cc(OC)c4)cc2-3)cc(OC)c1. The van der Waals surface area contributed by atoms with E-state index in [1.54, 1.807) is 178 Å². The molecule has 0 spiro atoms. The molecular weight excluding hydrogens is 961 g/mol. The minimum Gasteiger partial charge on any atom is -0.507 e. The molecule has 12 heteroatoms. The minimum atomic E-state index is -0.165. The lowest BCUT2D eigenvalue weighted by Gasteiger charge is -2.25. The largest absolute Gasteiger partial charge is 0.507 e. The molecule has 8 aromatic carbocycles. The molecule has 12 nitrogen and oxygen atoms in total. The molecule has 0 saturated heterocycles. The standard InChI is InChI=1S/C64H48O12/c1-69-45-17-37(18-46(29-45)70-2)9-13-41-25-53-54-26-42(14-10-38-19-47(71-3)30-48(20-38)72-4)62(66)34-58(54)60-36-64(68)44(16-12-40-23-51(75-7)32-52(24-40)76-8)28-56(60)55-27-43(63(67)35-59(55)57(53)33-61(41)65)15-11-39-21-49(73-5)31-50(22-39)74-6/h17-36,65-68H,1-8H3. The molecular formula is C64H48O12. The predicted octanol–water partition coefficient (Wildman–Crippen LogP) is 11.2. The zero-order valence-electron chi connectivity index (χ0n) is 42.6. The van der Waals surface area contributed by atoms with E-state index >= 15 is 0 Å². The topological polar surface area (TPSA) is 155 Å². The lowest BCUT2D eigenvalue weighted by Crippen LogP contribution is -2.00. The maximum absolute atomic E-state index is 12.0. The molecule has 0 aromatic heterocycles. The Morgan fingerprint density at radius 3 is 0.526 bits per heavy atom. The molecule has 0 amide bonds. The van der Waals surface area contributed by atoms with Crippen LogP contribution in [0.4, 0.5) is 0 Å². The van der Waals surface area contributed by atoms with Crippen molar-refractivity contribution in [3.8, 4) is 161 Å². The number of aromatic hydroxyl groups is 4. The Labute approximate surface area is 440 Å². The van der Waals surface area contributed by atoms with Crippen LogP contribution in [0.15, 0.2) is 121 Å². The molecule has 376 valence electrons. The maximum atomic E-state index is 12.0. The van der Waals surface area contributed by atoms with Gasteiger partial charge in [-0.05, 0) is 142 Å². The molecule has 0 fully saturated rings. The summed E-state index contributed by atoms with van der Waals surface area (Å²) < 4.78 is 43.9. The lowest BCUT2D eigenvalue weighted by atomic mass is 9.78. The Balaban J connectivity index is 1.34. The van der Waals surface area contributed by atoms with E-state index in [0.29, 0.717) is 113 Å². The molecule has 76 heavy (non-hydrogen) atoms. The minimum absolute atomic E-state index is 0.165. The van der Waals surface area contributed by atoms with Gasteiger partial charge in [0.1, 0.15) is 69.0 Å². The number of rotatable bonds is 8. The summed E-state index contributed by atoms with van der Waals surface area (Å²) in [7, 11) is 12.4. The summed E-state index contributed by atoms with van der Waals surface area (Å²) in [5.74, 6) is 28.7. The van der Waals surface area contributed by atoms with Crippen LogP contribution in [0.1, 0.15) is 44.5 Å². The molecule has 0 unspecified atom stereocenters. The Morgan fingerprint density at radius 1 is 0.211 bits per heavy atom. The van der Waals surface area contributed by atoms with Crippen LogP contribution in [0.25, 0.3) is 44.5 Å². The quantitative estimate of drug-likeness (QED) is 0.107. The number of benzene rings is 8. The lowest BCUT2D eigenvalue weighted by molar-refractivity contribution is 0.394. The highest BCUT2D eigenvalue weighted by molar-refractivity contribution is 6.05. The van der Waals surface area contributed by atoms with Gasteiger partial charge < -0.3 is 58.3 Å². The second-order valence-electron chi connectivity index (χ2n) is 17.1. The van der Waals surface area contributed by atoms with Crippen molar-refractivity contribution < 1.29 is 58.3 Å². The number of phenols is 4. The zero-order valence-corrected chi connectivity index (χ0v) is 42.6. The van der Waals surface area contributed by atoms with E-state index in [0.717, 1.165) is 0 Å². The summed E-state index contributed by atoms with van der Waals surface area (Å²) in [5, 5.41) is 48.1. The van der Waals surface area contributed by atoms with Crippen LogP contribution in [0.2, 0.25) is 0 Å². The van der Waals surface area contributed by atoms with E-state index in [1.165, 1.54) is 0 Å². The molecule has 0 heterocycles. The number of methoxy groups -OCH3 is 8. The van der Waals surface area contributed by atoms with Crippen molar-refractivity contribution in [3.63, 3.8) is 0 Å². The number of hydrogen-bond acceptors (Lipinski definition) is 12. The average molecular weight is 1010 g/mol. The van der Waals surface area contributed by atoms with Gasteiger partial charge in [0.2, 0.25) is 0 Å². The first-order chi connectivity index (χ1) is 36.8. The van der Waals surface area contributed by atoms with Crippen LogP contribution in [0.3, 0.4) is 0 Å². The fourth-order valence-electron chi connectivity index (χ4n) is 8.61. The second-order valence-corrected chi connectivity index (χ2v) is 17.1. The summed E-state index contributed by atoms with van der Waals surface area (Å²) in [4.78, 5) is 0. The van der Waals surface area contributed by atoms with Gasteiger partial charge in [0.15, 0.2) is 0 Å². The fraction of sp³-hybridized carbons (Fsp3) is 0.125. The Kier molecular flexibility index (Phi) is 14.5. The fourth-order valence-corrected chi connectivity index (χ4v) is 8.61. The van der Waals surface area contributed by atoms with Crippen LogP contribution >= 0.6 is 0 Å². The highest BCUT2D eigenvalue weighted by atomic mass is 16.5. The summed E-state index contributed by atoms with van der Waals surface area (Å²) in [6.07, 6.45) is 0. The molecule has 9 rings (SSSR count). The van der Waals surface area contributed by atoms with Gasteiger partial charge in [-0.2, -0.15) is 0 Å². The maximum Gasteiger partial charge on any atom is 0.131 e. The van der Waals surface area contributed by atoms with Crippen LogP contribution < -0.4 is 37.9 Å². The van der Waals surface area contributed by atoms with Crippen molar-refractivity contribution in [1.82, 2.24) is 0 Å². The van der Waals surface area contributed by atoms with E-state index in [-0.39, 0.29) is 45.3 Å². The average Bonchev–Trinajstić information content (AvgIpc) is 3.44. The van der Waals surface area contributed by atoms with Crippen LogP contribution in [-0.4, -0.2) is 77.3 Å². The van der Waals surface area contributed by atoms with Gasteiger partial charge in [-0.3, -0.25) is 0 Å². The van der Waals surface area contributed by atoms with Crippen molar-refractivity contribution in [1.29, 1.82) is 0 Å². The molecule has 8 aromatic rings. The molecule has 1 aliphatic carbocycles. The smallest absolute Gasteiger partial charge is 0.131 e. The van der Waals surface area contributed by atoms with E-state index in [1.807, 2.05) is 0 Å². The van der Waals surface area contributed by atoms with E-state index < -0.39 is 0 Å². The highest BCUT2D eigenvalue weighted by Gasteiger charge is 2.27. The third-order valence-electron chi connectivity index (χ3n) is 12.5. The van der Waals surface area contributed by atoms with Gasteiger partial charge in [-0.15, -0.1) is 0 Å². The Bertz CT molecular complexity index is 3300. The normalized spacial score (nSPS) is 10.4. The van der Waals surface area contributed by atoms with Gasteiger partial charge in [-0.1, -0.05) is 47.4 Å². The van der Waals surface area contributed by atoms with Crippen LogP contribution in [0.5, 0.6) is 69.0 Å². The summed E-state index contributed by atoms with van der Waals surface area (Å²) in [5.41, 5.74) is 7.31. The zero-order chi connectivity index (χ0) is 53.6. The molecule has 0 bridgehead atoms. The first-order valence-corrected chi connectivity index (χ1v) is 23.3. The van der Waals surface area contributed by atoms with Gasteiger partial charge >= 0.3 is 0 Å². The van der Waals surface area contributed by atoms with Crippen molar-refractivity contribution in [2.24, 2.45) is 0 Å². The van der Waals surface area contributed by atoms with Gasteiger partial charge in [0.25, 0.3) is 0 Å². The number of fused-ring (bicyclic) bond motifs is 8. The van der Waals surface area contributed by atoms with Gasteiger partial charge in [0.05, 0.1) is 79.1 Å². The van der Waals surface area contributed by atoms with Crippen LogP contribution in [-0.2, 0) is 0 Å². The third-order valence-corrected chi connectivity index (χ3v) is 12.5. The van der Waals surface area contributed by atoms with Crippen molar-refractivity contribution in [2.75, 3.05) is 56.9 Å². The Morgan fingerprint density at radius 2 is 0.368 bits per heavy atom. The first kappa shape index (κ1) is 50.5. The second kappa shape index (κ2) is 21.8. The number of ether oxygens (including phenoxy) is 8. The van der Waals surface area contributed by atoms with E-state index in [2.05, 4.69) is 47.4 Å². The highest BCUT2D eigenvalue weighted by Crippen LogP contribution is 2.52. The predicted molar refractivity (Wildman–Crippen MR) is 291 cm³/mol. The van der Waals surface area contributed by atoms with Crippen molar-refractivity contribution in [3.05, 3.63) is 166 Å². The van der Waals surface area contributed by atoms with Gasteiger partial charge in [-0.25, -0.2) is 0 Å². The number of phenolic OH excluding ortho intramolecular Hbond substituents is 4. The molecule has 4 N–H and O–H groups in total. The molecule has 1 aliphatic rings. The monoisotopic (exact) mass is 1010 g/mol.